The number of carbonyl (C=O) groups is 2. The van der Waals surface area contributed by atoms with Crippen LogP contribution in [-0.4, -0.2) is 29.5 Å². The average Bonchev–Trinajstić information content (AvgIpc) is 2.57. The van der Waals surface area contributed by atoms with E-state index in [1.807, 2.05) is 6.07 Å². The lowest BCUT2D eigenvalue weighted by Gasteiger charge is -2.03. The standard InChI is InChI=1S/C16H13FIN3O3/c17-12-3-1-11(2-4-12)14(22)7-8-20-24-10-16(23)21-15-6-5-13(18)9-19-15/h1-6,8-9H,7,10H2,(H,19,21,23). The molecular weight excluding hydrogens is 428 g/mol. The Morgan fingerprint density at radius 1 is 1.25 bits per heavy atom. The van der Waals surface area contributed by atoms with Gasteiger partial charge in [-0.2, -0.15) is 0 Å². The average molecular weight is 441 g/mol. The van der Waals surface area contributed by atoms with Gasteiger partial charge in [-0.25, -0.2) is 9.37 Å². The second-order valence-electron chi connectivity index (χ2n) is 4.61. The maximum Gasteiger partial charge on any atom is 0.266 e. The number of pyridine rings is 1. The number of amides is 1. The van der Waals surface area contributed by atoms with Crippen molar-refractivity contribution in [2.45, 2.75) is 6.42 Å². The number of oxime groups is 1. The first-order valence-electron chi connectivity index (χ1n) is 6.88. The lowest BCUT2D eigenvalue weighted by atomic mass is 10.1. The molecule has 0 unspecified atom stereocenters. The fraction of sp³-hybridized carbons (Fsp3) is 0.125. The van der Waals surface area contributed by atoms with Crippen molar-refractivity contribution in [2.75, 3.05) is 11.9 Å². The van der Waals surface area contributed by atoms with Crippen LogP contribution in [0, 0.1) is 9.39 Å². The molecule has 0 radical (unpaired) electrons. The summed E-state index contributed by atoms with van der Waals surface area (Å²) in [6, 6.07) is 8.70. The summed E-state index contributed by atoms with van der Waals surface area (Å²) in [5, 5.41) is 6.09. The first-order valence-corrected chi connectivity index (χ1v) is 7.96. The molecule has 1 aromatic heterocycles. The van der Waals surface area contributed by atoms with Gasteiger partial charge >= 0.3 is 0 Å². The Morgan fingerprint density at radius 2 is 2.00 bits per heavy atom. The molecule has 2 rings (SSSR count). The van der Waals surface area contributed by atoms with E-state index in [4.69, 9.17) is 4.84 Å². The summed E-state index contributed by atoms with van der Waals surface area (Å²) in [6.07, 6.45) is 2.87. The number of nitrogens with zero attached hydrogens (tertiary/aromatic N) is 2. The minimum atomic E-state index is -0.411. The maximum absolute atomic E-state index is 12.8. The molecule has 1 amide bonds. The molecule has 0 saturated carbocycles. The van der Waals surface area contributed by atoms with Gasteiger partial charge in [0.05, 0.1) is 6.21 Å². The molecule has 0 spiro atoms. The normalized spacial score (nSPS) is 10.6. The minimum absolute atomic E-state index is 0.00801. The van der Waals surface area contributed by atoms with Crippen LogP contribution >= 0.6 is 22.6 Å². The van der Waals surface area contributed by atoms with E-state index < -0.39 is 11.7 Å². The van der Waals surface area contributed by atoms with E-state index in [9.17, 15) is 14.0 Å². The van der Waals surface area contributed by atoms with E-state index in [0.29, 0.717) is 11.4 Å². The number of Topliss-reactive ketones (excluding diaryl/α,β-unsaturated/α-hetero) is 1. The SMILES string of the molecule is O=C(CON=CCC(=O)c1ccc(F)cc1)Nc1ccc(I)cn1. The van der Waals surface area contributed by atoms with Crippen molar-refractivity contribution in [3.63, 3.8) is 0 Å². The van der Waals surface area contributed by atoms with Gasteiger partial charge in [-0.1, -0.05) is 5.16 Å². The summed E-state index contributed by atoms with van der Waals surface area (Å²) < 4.78 is 13.7. The molecule has 0 bridgehead atoms. The molecule has 2 aromatic rings. The van der Waals surface area contributed by atoms with Crippen molar-refractivity contribution in [1.82, 2.24) is 4.98 Å². The summed E-state index contributed by atoms with van der Waals surface area (Å²) in [5.41, 5.74) is 0.380. The molecule has 0 fully saturated rings. The van der Waals surface area contributed by atoms with E-state index in [2.05, 4.69) is 38.0 Å². The summed E-state index contributed by atoms with van der Waals surface area (Å²) in [7, 11) is 0. The Balaban J connectivity index is 1.70. The second kappa shape index (κ2) is 9.06. The first kappa shape index (κ1) is 18.0. The molecule has 6 nitrogen and oxygen atoms in total. The monoisotopic (exact) mass is 441 g/mol. The Labute approximate surface area is 151 Å². The van der Waals surface area contributed by atoms with Gasteiger partial charge in [0, 0.05) is 21.8 Å². The fourth-order valence-corrected chi connectivity index (χ4v) is 1.97. The molecule has 0 aliphatic rings. The first-order chi connectivity index (χ1) is 11.5. The Hall–Kier alpha value is -2.36. The zero-order valence-corrected chi connectivity index (χ0v) is 14.6. The highest BCUT2D eigenvalue weighted by Crippen LogP contribution is 2.07. The van der Waals surface area contributed by atoms with Gasteiger partial charge in [0.15, 0.2) is 12.4 Å². The Bertz CT molecular complexity index is 733. The predicted molar refractivity (Wildman–Crippen MR) is 95.4 cm³/mol. The smallest absolute Gasteiger partial charge is 0.266 e. The highest BCUT2D eigenvalue weighted by Gasteiger charge is 2.05. The van der Waals surface area contributed by atoms with Gasteiger partial charge in [0.1, 0.15) is 11.6 Å². The van der Waals surface area contributed by atoms with E-state index in [0.717, 1.165) is 3.57 Å². The second-order valence-corrected chi connectivity index (χ2v) is 5.85. The quantitative estimate of drug-likeness (QED) is 0.310. The van der Waals surface area contributed by atoms with Crippen LogP contribution in [0.1, 0.15) is 16.8 Å². The van der Waals surface area contributed by atoms with Gasteiger partial charge in [0.25, 0.3) is 5.91 Å². The maximum atomic E-state index is 12.8. The molecular formula is C16H13FIN3O3. The summed E-state index contributed by atoms with van der Waals surface area (Å²) >= 11 is 2.11. The zero-order valence-electron chi connectivity index (χ0n) is 12.4. The van der Waals surface area contributed by atoms with Crippen LogP contribution in [-0.2, 0) is 9.63 Å². The summed E-state index contributed by atoms with van der Waals surface area (Å²) in [6.45, 7) is -0.297. The third-order valence-electron chi connectivity index (χ3n) is 2.78. The number of halogens is 2. The van der Waals surface area contributed by atoms with E-state index in [1.54, 1.807) is 12.3 Å². The molecule has 0 saturated heterocycles. The molecule has 1 aromatic carbocycles. The van der Waals surface area contributed by atoms with Crippen molar-refractivity contribution >= 4 is 46.3 Å². The van der Waals surface area contributed by atoms with Gasteiger partial charge in [-0.3, -0.25) is 9.59 Å². The summed E-state index contributed by atoms with van der Waals surface area (Å²) in [4.78, 5) is 32.2. The number of carbonyl (C=O) groups excluding carboxylic acids is 2. The number of anilines is 1. The summed E-state index contributed by atoms with van der Waals surface area (Å²) in [5.74, 6) is -0.628. The fourth-order valence-electron chi connectivity index (χ4n) is 1.65. The van der Waals surface area contributed by atoms with Crippen molar-refractivity contribution in [2.24, 2.45) is 5.16 Å². The number of rotatable bonds is 7. The van der Waals surface area contributed by atoms with Crippen LogP contribution in [0.2, 0.25) is 0 Å². The van der Waals surface area contributed by atoms with Crippen molar-refractivity contribution < 1.29 is 18.8 Å². The van der Waals surface area contributed by atoms with Crippen LogP contribution in [0.5, 0.6) is 0 Å². The number of ketones is 1. The highest BCUT2D eigenvalue weighted by atomic mass is 127. The molecule has 1 N–H and O–H groups in total. The minimum Gasteiger partial charge on any atom is -0.386 e. The van der Waals surface area contributed by atoms with Crippen molar-refractivity contribution in [1.29, 1.82) is 0 Å². The van der Waals surface area contributed by atoms with Crippen LogP contribution in [0.15, 0.2) is 47.8 Å². The van der Waals surface area contributed by atoms with Gasteiger partial charge < -0.3 is 10.2 Å². The number of benzene rings is 1. The van der Waals surface area contributed by atoms with Gasteiger partial charge in [-0.15, -0.1) is 0 Å². The van der Waals surface area contributed by atoms with Gasteiger partial charge in [0.2, 0.25) is 0 Å². The third kappa shape index (κ3) is 6.03. The number of hydrogen-bond acceptors (Lipinski definition) is 5. The molecule has 0 aliphatic heterocycles. The predicted octanol–water partition coefficient (Wildman–Crippen LogP) is 3.04. The molecule has 0 aliphatic carbocycles. The number of aromatic nitrogens is 1. The van der Waals surface area contributed by atoms with Crippen molar-refractivity contribution in [3.05, 3.63) is 57.5 Å². The van der Waals surface area contributed by atoms with Crippen LogP contribution in [0.3, 0.4) is 0 Å². The topological polar surface area (TPSA) is 80.6 Å². The van der Waals surface area contributed by atoms with E-state index in [-0.39, 0.29) is 18.8 Å². The molecule has 24 heavy (non-hydrogen) atoms. The molecule has 0 atom stereocenters. The number of nitrogens with one attached hydrogen (secondary N) is 1. The van der Waals surface area contributed by atoms with Crippen LogP contribution in [0.25, 0.3) is 0 Å². The third-order valence-corrected chi connectivity index (χ3v) is 3.42. The van der Waals surface area contributed by atoms with Crippen LogP contribution in [0.4, 0.5) is 10.2 Å². The van der Waals surface area contributed by atoms with Crippen LogP contribution < -0.4 is 5.32 Å². The molecule has 124 valence electrons. The Morgan fingerprint density at radius 3 is 2.67 bits per heavy atom. The van der Waals surface area contributed by atoms with Crippen molar-refractivity contribution in [3.8, 4) is 0 Å². The highest BCUT2D eigenvalue weighted by molar-refractivity contribution is 14.1. The zero-order chi connectivity index (χ0) is 17.4. The molecule has 1 heterocycles. The Kier molecular flexibility index (Phi) is 6.79. The number of hydrogen-bond donors (Lipinski definition) is 1. The van der Waals surface area contributed by atoms with Gasteiger partial charge in [-0.05, 0) is 59.0 Å². The van der Waals surface area contributed by atoms with E-state index in [1.165, 1.54) is 30.5 Å². The largest absolute Gasteiger partial charge is 0.386 e. The lowest BCUT2D eigenvalue weighted by molar-refractivity contribution is -0.120. The molecule has 8 heteroatoms. The lowest BCUT2D eigenvalue weighted by Crippen LogP contribution is -2.17. The van der Waals surface area contributed by atoms with E-state index >= 15 is 0 Å².